The van der Waals surface area contributed by atoms with E-state index in [9.17, 15) is 0 Å². The highest BCUT2D eigenvalue weighted by Gasteiger charge is 2.36. The van der Waals surface area contributed by atoms with E-state index in [1.807, 2.05) is 0 Å². The zero-order valence-corrected chi connectivity index (χ0v) is 26.2. The first-order valence-corrected chi connectivity index (χ1v) is 15.4. The second-order valence-corrected chi connectivity index (χ2v) is 12.6. The summed E-state index contributed by atoms with van der Waals surface area (Å²) in [5.74, 6) is 0. The number of anilines is 6. The zero-order valence-electron chi connectivity index (χ0n) is 26.2. The molecule has 6 aromatic carbocycles. The van der Waals surface area contributed by atoms with Crippen LogP contribution in [0.1, 0.15) is 41.7 Å². The van der Waals surface area contributed by atoms with Crippen LogP contribution in [0.15, 0.2) is 140 Å². The van der Waals surface area contributed by atoms with Crippen molar-refractivity contribution in [2.24, 2.45) is 0 Å². The van der Waals surface area contributed by atoms with Crippen molar-refractivity contribution in [3.63, 3.8) is 0 Å². The van der Waals surface area contributed by atoms with Gasteiger partial charge in [0, 0.05) is 39.5 Å². The van der Waals surface area contributed by atoms with Gasteiger partial charge < -0.3 is 9.80 Å². The van der Waals surface area contributed by atoms with Gasteiger partial charge in [-0.3, -0.25) is 0 Å². The van der Waals surface area contributed by atoms with Gasteiger partial charge in [0.2, 0.25) is 0 Å². The molecule has 2 heteroatoms. The molecule has 0 N–H and O–H groups in total. The number of fused-ring (bicyclic) bond motifs is 3. The number of benzene rings is 6. The third-order valence-electron chi connectivity index (χ3n) is 8.97. The van der Waals surface area contributed by atoms with Crippen molar-refractivity contribution in [2.45, 2.75) is 40.0 Å². The van der Waals surface area contributed by atoms with E-state index in [-0.39, 0.29) is 5.41 Å². The highest BCUT2D eigenvalue weighted by molar-refractivity contribution is 5.86. The summed E-state index contributed by atoms with van der Waals surface area (Å²) >= 11 is 0. The van der Waals surface area contributed by atoms with Crippen molar-refractivity contribution < 1.29 is 0 Å². The fraction of sp³-hybridized carbons (Fsp3) is 0.143. The van der Waals surface area contributed by atoms with E-state index in [2.05, 4.69) is 184 Å². The van der Waals surface area contributed by atoms with Crippen LogP contribution in [0.25, 0.3) is 11.1 Å². The van der Waals surface area contributed by atoms with Gasteiger partial charge in [0.25, 0.3) is 0 Å². The average molecular weight is 571 g/mol. The summed E-state index contributed by atoms with van der Waals surface area (Å²) in [6.07, 6.45) is 0. The number of hydrogen-bond donors (Lipinski definition) is 0. The Kier molecular flexibility index (Phi) is 6.86. The molecule has 6 aromatic rings. The lowest BCUT2D eigenvalue weighted by molar-refractivity contribution is 0.660. The van der Waals surface area contributed by atoms with Crippen LogP contribution in [0, 0.1) is 20.8 Å². The Bertz CT molecular complexity index is 1970. The molecule has 0 spiro atoms. The van der Waals surface area contributed by atoms with Gasteiger partial charge in [-0.15, -0.1) is 0 Å². The minimum absolute atomic E-state index is 0.0706. The Hall–Kier alpha value is -5.08. The molecule has 1 aliphatic carbocycles. The van der Waals surface area contributed by atoms with Gasteiger partial charge in [-0.25, -0.2) is 0 Å². The predicted molar refractivity (Wildman–Crippen MR) is 188 cm³/mol. The lowest BCUT2D eigenvalue weighted by Crippen LogP contribution is -2.17. The van der Waals surface area contributed by atoms with Crippen LogP contribution < -0.4 is 9.80 Å². The number of aryl methyl sites for hydroxylation is 3. The first-order chi connectivity index (χ1) is 21.3. The molecule has 0 saturated carbocycles. The summed E-state index contributed by atoms with van der Waals surface area (Å²) in [6, 6.07) is 51.0. The summed E-state index contributed by atoms with van der Waals surface area (Å²) in [5, 5.41) is 0. The monoisotopic (exact) mass is 570 g/mol. The minimum atomic E-state index is -0.0706. The average Bonchev–Trinajstić information content (AvgIpc) is 3.24. The quantitative estimate of drug-likeness (QED) is 0.196. The van der Waals surface area contributed by atoms with E-state index >= 15 is 0 Å². The van der Waals surface area contributed by atoms with Crippen molar-refractivity contribution in [1.29, 1.82) is 0 Å². The molecule has 0 aromatic heterocycles. The molecule has 0 saturated heterocycles. The van der Waals surface area contributed by atoms with E-state index in [1.54, 1.807) is 0 Å². The van der Waals surface area contributed by atoms with Crippen molar-refractivity contribution in [1.82, 2.24) is 0 Å². The van der Waals surface area contributed by atoms with Gasteiger partial charge in [0.05, 0.1) is 0 Å². The molecular weight excluding hydrogens is 532 g/mol. The maximum Gasteiger partial charge on any atom is 0.0465 e. The standard InChI is InChI=1S/C42H38N2/c1-29-11-9-15-35(25-29)43(32-13-7-6-8-14-32)33-18-20-34(21-19-33)44(36-16-10-12-30(2)26-36)37-22-24-39-38-23-17-31(3)27-40(38)42(4,5)41(39)28-37/h6-28H,1-5H3. The summed E-state index contributed by atoms with van der Waals surface area (Å²) < 4.78 is 0. The Labute approximate surface area is 261 Å². The third-order valence-corrected chi connectivity index (χ3v) is 8.97. The smallest absolute Gasteiger partial charge is 0.0465 e. The SMILES string of the molecule is Cc1cccc(N(c2ccccc2)c2ccc(N(c3cccc(C)c3)c3ccc4c(c3)C(C)(C)c3cc(C)ccc3-4)cc2)c1. The maximum atomic E-state index is 2.41. The zero-order chi connectivity index (χ0) is 30.4. The van der Waals surface area contributed by atoms with Crippen LogP contribution in [0.3, 0.4) is 0 Å². The van der Waals surface area contributed by atoms with Gasteiger partial charge in [-0.05, 0) is 127 Å². The Morgan fingerprint density at radius 3 is 1.34 bits per heavy atom. The van der Waals surface area contributed by atoms with Crippen molar-refractivity contribution in [3.05, 3.63) is 167 Å². The molecule has 44 heavy (non-hydrogen) atoms. The minimum Gasteiger partial charge on any atom is -0.310 e. The van der Waals surface area contributed by atoms with Crippen LogP contribution in [-0.4, -0.2) is 0 Å². The van der Waals surface area contributed by atoms with Gasteiger partial charge in [0.15, 0.2) is 0 Å². The van der Waals surface area contributed by atoms with E-state index in [1.165, 1.54) is 44.6 Å². The lowest BCUT2D eigenvalue weighted by atomic mass is 9.82. The number of para-hydroxylation sites is 1. The van der Waals surface area contributed by atoms with Crippen LogP contribution in [-0.2, 0) is 5.41 Å². The Balaban J connectivity index is 1.34. The van der Waals surface area contributed by atoms with Crippen molar-refractivity contribution in [2.75, 3.05) is 9.80 Å². The Morgan fingerprint density at radius 1 is 0.364 bits per heavy atom. The normalized spacial score (nSPS) is 12.8. The molecule has 7 rings (SSSR count). The van der Waals surface area contributed by atoms with Crippen molar-refractivity contribution >= 4 is 34.1 Å². The topological polar surface area (TPSA) is 6.48 Å². The summed E-state index contributed by atoms with van der Waals surface area (Å²) in [6.45, 7) is 11.2. The third kappa shape index (κ3) is 4.87. The van der Waals surface area contributed by atoms with Crippen LogP contribution in [0.5, 0.6) is 0 Å². The van der Waals surface area contributed by atoms with E-state index in [0.717, 1.165) is 28.4 Å². The highest BCUT2D eigenvalue weighted by Crippen LogP contribution is 2.51. The van der Waals surface area contributed by atoms with Crippen LogP contribution in [0.4, 0.5) is 34.1 Å². The molecule has 0 heterocycles. The van der Waals surface area contributed by atoms with E-state index in [0.29, 0.717) is 0 Å². The first kappa shape index (κ1) is 27.7. The molecular formula is C42H38N2. The lowest BCUT2D eigenvalue weighted by Gasteiger charge is -2.30. The number of hydrogen-bond acceptors (Lipinski definition) is 2. The molecule has 1 aliphatic rings. The Morgan fingerprint density at radius 2 is 0.773 bits per heavy atom. The highest BCUT2D eigenvalue weighted by atomic mass is 15.2. The molecule has 216 valence electrons. The fourth-order valence-electron chi connectivity index (χ4n) is 6.73. The van der Waals surface area contributed by atoms with E-state index in [4.69, 9.17) is 0 Å². The molecule has 0 radical (unpaired) electrons. The van der Waals surface area contributed by atoms with Crippen molar-refractivity contribution in [3.8, 4) is 11.1 Å². The summed E-state index contributed by atoms with van der Waals surface area (Å²) in [5.41, 5.74) is 16.0. The van der Waals surface area contributed by atoms with E-state index < -0.39 is 0 Å². The summed E-state index contributed by atoms with van der Waals surface area (Å²) in [7, 11) is 0. The molecule has 0 unspecified atom stereocenters. The molecule has 0 bridgehead atoms. The van der Waals surface area contributed by atoms with Gasteiger partial charge in [0.1, 0.15) is 0 Å². The number of nitrogens with zero attached hydrogens (tertiary/aromatic N) is 2. The second-order valence-electron chi connectivity index (χ2n) is 12.6. The fourth-order valence-corrected chi connectivity index (χ4v) is 6.73. The van der Waals surface area contributed by atoms with Gasteiger partial charge in [-0.1, -0.05) is 86.1 Å². The van der Waals surface area contributed by atoms with Crippen LogP contribution in [0.2, 0.25) is 0 Å². The number of rotatable bonds is 6. The molecule has 0 atom stereocenters. The van der Waals surface area contributed by atoms with Gasteiger partial charge in [-0.2, -0.15) is 0 Å². The second kappa shape index (κ2) is 10.9. The molecule has 0 amide bonds. The summed E-state index contributed by atoms with van der Waals surface area (Å²) in [4.78, 5) is 4.71. The van der Waals surface area contributed by atoms with Gasteiger partial charge >= 0.3 is 0 Å². The largest absolute Gasteiger partial charge is 0.310 e. The predicted octanol–water partition coefficient (Wildman–Crippen LogP) is 11.9. The van der Waals surface area contributed by atoms with Crippen LogP contribution >= 0.6 is 0 Å². The first-order valence-electron chi connectivity index (χ1n) is 15.4. The maximum absolute atomic E-state index is 2.41. The molecule has 0 fully saturated rings. The molecule has 0 aliphatic heterocycles. The molecule has 2 nitrogen and oxygen atoms in total.